The van der Waals surface area contributed by atoms with Crippen molar-refractivity contribution in [3.8, 4) is 0 Å². The van der Waals surface area contributed by atoms with Gasteiger partial charge in [0.25, 0.3) is 0 Å². The largest absolute Gasteiger partial charge is 0.390 e. The number of hydrogen-bond donors (Lipinski definition) is 1. The lowest BCUT2D eigenvalue weighted by atomic mass is 9.96. The van der Waals surface area contributed by atoms with Crippen molar-refractivity contribution in [1.29, 1.82) is 0 Å². The predicted molar refractivity (Wildman–Crippen MR) is 61.0 cm³/mol. The first-order chi connectivity index (χ1) is 7.83. The lowest BCUT2D eigenvalue weighted by Gasteiger charge is -2.33. The number of ether oxygens (including phenoxy) is 1. The zero-order valence-corrected chi connectivity index (χ0v) is 9.25. The van der Waals surface area contributed by atoms with Gasteiger partial charge in [-0.15, -0.1) is 0 Å². The summed E-state index contributed by atoms with van der Waals surface area (Å²) < 4.78 is 5.57. The van der Waals surface area contributed by atoms with Crippen LogP contribution >= 0.6 is 0 Å². The zero-order valence-electron chi connectivity index (χ0n) is 9.25. The van der Waals surface area contributed by atoms with Gasteiger partial charge in [0.2, 0.25) is 0 Å². The van der Waals surface area contributed by atoms with Crippen LogP contribution in [0.1, 0.15) is 5.56 Å². The maximum absolute atomic E-state index is 9.84. The maximum Gasteiger partial charge on any atom is 0.0964 e. The Morgan fingerprint density at radius 1 is 1.25 bits per heavy atom. The minimum Gasteiger partial charge on any atom is -0.390 e. The molecule has 0 amide bonds. The number of hydrogen-bond acceptors (Lipinski definition) is 3. The van der Waals surface area contributed by atoms with Gasteiger partial charge in [0.1, 0.15) is 0 Å². The van der Waals surface area contributed by atoms with Gasteiger partial charge in [0.05, 0.1) is 18.8 Å². The van der Waals surface area contributed by atoms with Crippen LogP contribution in [0.4, 0.5) is 0 Å². The van der Waals surface area contributed by atoms with Gasteiger partial charge in [-0.25, -0.2) is 0 Å². The van der Waals surface area contributed by atoms with E-state index in [-0.39, 0.29) is 12.2 Å². The van der Waals surface area contributed by atoms with Gasteiger partial charge < -0.3 is 9.84 Å². The minimum absolute atomic E-state index is 0.0301. The number of fused-ring (bicyclic) bond motifs is 2. The topological polar surface area (TPSA) is 32.7 Å². The molecule has 2 aliphatic rings. The fourth-order valence-corrected chi connectivity index (χ4v) is 2.70. The Labute approximate surface area is 95.6 Å². The molecule has 2 heterocycles. The third-order valence-corrected chi connectivity index (χ3v) is 3.57. The van der Waals surface area contributed by atoms with E-state index < -0.39 is 0 Å². The lowest BCUT2D eigenvalue weighted by molar-refractivity contribution is -0.0105. The van der Waals surface area contributed by atoms with Crippen LogP contribution in [0, 0.1) is 5.92 Å². The molecule has 0 aromatic heterocycles. The molecule has 3 nitrogen and oxygen atoms in total. The highest BCUT2D eigenvalue weighted by atomic mass is 16.5. The molecule has 2 bridgehead atoms. The number of rotatable bonds is 2. The van der Waals surface area contributed by atoms with Crippen molar-refractivity contribution in [3.63, 3.8) is 0 Å². The summed E-state index contributed by atoms with van der Waals surface area (Å²) >= 11 is 0. The summed E-state index contributed by atoms with van der Waals surface area (Å²) in [5, 5.41) is 9.84. The van der Waals surface area contributed by atoms with E-state index in [9.17, 15) is 5.11 Å². The van der Waals surface area contributed by atoms with Gasteiger partial charge in [-0.3, -0.25) is 4.90 Å². The SMILES string of the molecule is O[C@@H]1[C@H]2CO[C@@H]1CN(Cc1ccccc1)C2. The highest BCUT2D eigenvalue weighted by Crippen LogP contribution is 2.28. The fourth-order valence-electron chi connectivity index (χ4n) is 2.70. The third kappa shape index (κ3) is 1.86. The summed E-state index contributed by atoms with van der Waals surface area (Å²) in [5.74, 6) is 0.308. The molecule has 0 spiro atoms. The Morgan fingerprint density at radius 2 is 2.06 bits per heavy atom. The molecule has 0 unspecified atom stereocenters. The molecular formula is C13H17NO2. The van der Waals surface area contributed by atoms with Crippen LogP contribution in [0.15, 0.2) is 30.3 Å². The third-order valence-electron chi connectivity index (χ3n) is 3.57. The van der Waals surface area contributed by atoms with Crippen LogP contribution in [0.2, 0.25) is 0 Å². The van der Waals surface area contributed by atoms with E-state index >= 15 is 0 Å². The van der Waals surface area contributed by atoms with Crippen LogP contribution in [-0.4, -0.2) is 41.9 Å². The molecule has 3 atom stereocenters. The summed E-state index contributed by atoms with van der Waals surface area (Å²) in [5.41, 5.74) is 1.33. The number of benzene rings is 1. The summed E-state index contributed by atoms with van der Waals surface area (Å²) in [6.45, 7) is 3.49. The van der Waals surface area contributed by atoms with Gasteiger partial charge in [0.15, 0.2) is 0 Å². The molecule has 86 valence electrons. The van der Waals surface area contributed by atoms with E-state index in [2.05, 4.69) is 29.2 Å². The number of piperidine rings is 1. The average Bonchev–Trinajstić information content (AvgIpc) is 2.54. The minimum atomic E-state index is -0.243. The van der Waals surface area contributed by atoms with Crippen LogP contribution < -0.4 is 0 Å². The molecule has 3 heteroatoms. The number of aliphatic hydroxyl groups is 1. The van der Waals surface area contributed by atoms with Crippen molar-refractivity contribution < 1.29 is 9.84 Å². The van der Waals surface area contributed by atoms with E-state index in [0.717, 1.165) is 26.2 Å². The Balaban J connectivity index is 1.66. The standard InChI is InChI=1S/C13H17NO2/c15-13-11-7-14(8-12(13)16-9-11)6-10-4-2-1-3-5-10/h1-5,11-13,15H,6-9H2/t11-,12-,13-/m1/s1. The highest BCUT2D eigenvalue weighted by molar-refractivity contribution is 5.14. The highest BCUT2D eigenvalue weighted by Gasteiger charge is 2.41. The van der Waals surface area contributed by atoms with Crippen molar-refractivity contribution in [1.82, 2.24) is 4.90 Å². The number of likely N-dealkylation sites (tertiary alicyclic amines) is 1. The Bertz CT molecular complexity index is 340. The van der Waals surface area contributed by atoms with Crippen molar-refractivity contribution >= 4 is 0 Å². The monoisotopic (exact) mass is 219 g/mol. The molecule has 3 rings (SSSR count). The van der Waals surface area contributed by atoms with Crippen molar-refractivity contribution in [2.24, 2.45) is 5.92 Å². The molecule has 2 saturated heterocycles. The Kier molecular flexibility index (Phi) is 2.67. The zero-order chi connectivity index (χ0) is 11.0. The van der Waals surface area contributed by atoms with E-state index in [1.165, 1.54) is 5.56 Å². The number of aliphatic hydroxyl groups excluding tert-OH is 1. The summed E-state index contributed by atoms with van der Waals surface area (Å²) in [6, 6.07) is 10.5. The fraction of sp³-hybridized carbons (Fsp3) is 0.538. The van der Waals surface area contributed by atoms with Gasteiger partial charge in [0, 0.05) is 25.6 Å². The van der Waals surface area contributed by atoms with Crippen molar-refractivity contribution in [2.45, 2.75) is 18.8 Å². The summed E-state index contributed by atoms with van der Waals surface area (Å²) in [7, 11) is 0. The Morgan fingerprint density at radius 3 is 2.81 bits per heavy atom. The first-order valence-electron chi connectivity index (χ1n) is 5.89. The summed E-state index contributed by atoms with van der Waals surface area (Å²) in [6.07, 6.45) is -0.213. The second kappa shape index (κ2) is 4.17. The molecule has 1 aromatic rings. The van der Waals surface area contributed by atoms with Gasteiger partial charge in [-0.2, -0.15) is 0 Å². The molecule has 2 fully saturated rings. The second-order valence-electron chi connectivity index (χ2n) is 4.80. The molecule has 0 aliphatic carbocycles. The molecule has 1 aromatic carbocycles. The average molecular weight is 219 g/mol. The van der Waals surface area contributed by atoms with Crippen molar-refractivity contribution in [3.05, 3.63) is 35.9 Å². The number of nitrogens with zero attached hydrogens (tertiary/aromatic N) is 1. The first-order valence-corrected chi connectivity index (χ1v) is 5.89. The van der Waals surface area contributed by atoms with Crippen LogP contribution in [0.3, 0.4) is 0 Å². The second-order valence-corrected chi connectivity index (χ2v) is 4.80. The molecule has 1 N–H and O–H groups in total. The normalized spacial score (nSPS) is 34.2. The van der Waals surface area contributed by atoms with E-state index in [1.807, 2.05) is 6.07 Å². The van der Waals surface area contributed by atoms with Crippen LogP contribution in [0.25, 0.3) is 0 Å². The quantitative estimate of drug-likeness (QED) is 0.801. The van der Waals surface area contributed by atoms with Crippen LogP contribution in [-0.2, 0) is 11.3 Å². The summed E-state index contributed by atoms with van der Waals surface area (Å²) in [4.78, 5) is 2.38. The first kappa shape index (κ1) is 10.3. The van der Waals surface area contributed by atoms with E-state index in [4.69, 9.17) is 4.74 Å². The molecule has 0 radical (unpaired) electrons. The molecule has 0 saturated carbocycles. The maximum atomic E-state index is 9.84. The lowest BCUT2D eigenvalue weighted by Crippen LogP contribution is -2.47. The predicted octanol–water partition coefficient (Wildman–Crippen LogP) is 0.878. The van der Waals surface area contributed by atoms with E-state index in [1.54, 1.807) is 0 Å². The molecule has 16 heavy (non-hydrogen) atoms. The smallest absolute Gasteiger partial charge is 0.0964 e. The van der Waals surface area contributed by atoms with Gasteiger partial charge in [-0.05, 0) is 5.56 Å². The van der Waals surface area contributed by atoms with Crippen molar-refractivity contribution in [2.75, 3.05) is 19.7 Å². The Hall–Kier alpha value is -0.900. The van der Waals surface area contributed by atoms with Gasteiger partial charge >= 0.3 is 0 Å². The molecule has 2 aliphatic heterocycles. The van der Waals surface area contributed by atoms with Crippen LogP contribution in [0.5, 0.6) is 0 Å². The van der Waals surface area contributed by atoms with Gasteiger partial charge in [-0.1, -0.05) is 30.3 Å². The van der Waals surface area contributed by atoms with E-state index in [0.29, 0.717) is 5.92 Å². The molecular weight excluding hydrogens is 202 g/mol.